The molecular weight excluding hydrogens is 1370 g/mol. The minimum atomic E-state index is -1.22. The maximum absolute atomic E-state index is 12.7. The number of ketones is 1. The molecular formula is C71H49N19O16. The first-order valence-corrected chi connectivity index (χ1v) is 31.0. The van der Waals surface area contributed by atoms with Gasteiger partial charge in [0.1, 0.15) is 40.3 Å². The predicted molar refractivity (Wildman–Crippen MR) is 372 cm³/mol. The number of aliphatic carboxylic acids is 1. The largest absolute Gasteiger partial charge is 0.481 e. The van der Waals surface area contributed by atoms with Crippen LogP contribution in [0.4, 0.5) is 34.1 Å². The Morgan fingerprint density at radius 2 is 0.585 bits per heavy atom. The zero-order chi connectivity index (χ0) is 75.6. The molecule has 106 heavy (non-hydrogen) atoms. The lowest BCUT2D eigenvalue weighted by Gasteiger charge is -2.36. The molecule has 3 spiro atoms. The lowest BCUT2D eigenvalue weighted by atomic mass is 9.77. The summed E-state index contributed by atoms with van der Waals surface area (Å²) in [5.41, 5.74) is 58.0. The molecule has 7 heterocycles. The van der Waals surface area contributed by atoms with E-state index in [2.05, 4.69) is 65.0 Å². The highest BCUT2D eigenvalue weighted by Gasteiger charge is 2.56. The van der Waals surface area contributed by atoms with Gasteiger partial charge in [-0.2, -0.15) is 0 Å². The van der Waals surface area contributed by atoms with Crippen molar-refractivity contribution in [1.29, 1.82) is 0 Å². The number of azide groups is 6. The Kier molecular flexibility index (Phi) is 20.3. The molecule has 0 bridgehead atoms. The van der Waals surface area contributed by atoms with Gasteiger partial charge in [0.15, 0.2) is 16.8 Å². The number of hydrogen-bond acceptors (Lipinski definition) is 21. The fourth-order valence-electron chi connectivity index (χ4n) is 12.4. The van der Waals surface area contributed by atoms with E-state index < -0.39 is 58.5 Å². The van der Waals surface area contributed by atoms with E-state index in [1.165, 1.54) is 13.8 Å². The predicted octanol–water partition coefficient (Wildman–Crippen LogP) is 19.0. The standard InChI is InChI=1S/3C20H10N6O3.C6H7NO4.C3H6O.C2H4O2.H2/c3*21-25-23-11-5-7-15-17(9-11)28-18-10-12(24-26-22)6-8-16(18)20(15)14-4-2-1-3-13(14)19(27)29-20;1-4(8)11-7-5(9)2-3-6(7)10;1-3(2)4;1-2(3)4;/h3*1-10H;2-3H2,1H3;1-2H3;1H3,(H,3,4);1H. The fourth-order valence-corrected chi connectivity index (χ4v) is 12.4. The zero-order valence-corrected chi connectivity index (χ0v) is 55.3. The topological polar surface area (TPSA) is 517 Å². The van der Waals surface area contributed by atoms with E-state index in [4.69, 9.17) is 71.5 Å². The van der Waals surface area contributed by atoms with Crippen LogP contribution in [0.1, 0.15) is 123 Å². The fraction of sp³-hybridized carbons (Fsp3) is 0.127. The second-order valence-electron chi connectivity index (χ2n) is 23.0. The van der Waals surface area contributed by atoms with Crippen molar-refractivity contribution in [1.82, 2.24) is 5.06 Å². The number of ether oxygens (including phenoxy) is 6. The molecule has 0 radical (unpaired) electrons. The second kappa shape index (κ2) is 30.1. The molecule has 0 saturated carbocycles. The number of amides is 2. The normalized spacial score (nSPS) is 16.8. The van der Waals surface area contributed by atoms with Gasteiger partial charge in [0.2, 0.25) is 0 Å². The highest BCUT2D eigenvalue weighted by Crippen LogP contribution is 2.60. The molecule has 16 rings (SSSR count). The van der Waals surface area contributed by atoms with Gasteiger partial charge in [-0.25, -0.2) is 19.2 Å². The summed E-state index contributed by atoms with van der Waals surface area (Å²) in [4.78, 5) is 110. The highest BCUT2D eigenvalue weighted by molar-refractivity contribution is 6.02. The minimum absolute atomic E-state index is 0. The van der Waals surface area contributed by atoms with Crippen molar-refractivity contribution in [3.63, 3.8) is 0 Å². The number of nitrogens with zero attached hydrogens (tertiary/aromatic N) is 19. The smallest absolute Gasteiger partial charge is 0.340 e. The number of imide groups is 1. The summed E-state index contributed by atoms with van der Waals surface area (Å²) < 4.78 is 36.1. The van der Waals surface area contributed by atoms with Gasteiger partial charge in [0, 0.05) is 142 Å². The summed E-state index contributed by atoms with van der Waals surface area (Å²) in [6.45, 7) is 5.28. The van der Waals surface area contributed by atoms with Crippen LogP contribution in [0.2, 0.25) is 0 Å². The number of hydrogen-bond donors (Lipinski definition) is 1. The van der Waals surface area contributed by atoms with Gasteiger partial charge in [-0.1, -0.05) is 158 Å². The Morgan fingerprint density at radius 1 is 0.377 bits per heavy atom. The first kappa shape index (κ1) is 71.7. The molecule has 524 valence electrons. The monoisotopic (exact) mass is 1420 g/mol. The minimum Gasteiger partial charge on any atom is -0.481 e. The Labute approximate surface area is 596 Å². The zero-order valence-electron chi connectivity index (χ0n) is 55.3. The molecule has 1 N–H and O–H groups in total. The average molecular weight is 1420 g/mol. The van der Waals surface area contributed by atoms with Crippen molar-refractivity contribution < 1.29 is 78.1 Å². The first-order chi connectivity index (χ1) is 51.1. The van der Waals surface area contributed by atoms with Crippen molar-refractivity contribution in [3.8, 4) is 34.5 Å². The van der Waals surface area contributed by atoms with E-state index >= 15 is 0 Å². The Bertz CT molecular complexity index is 4880. The maximum atomic E-state index is 12.7. The third-order valence-electron chi connectivity index (χ3n) is 16.2. The Hall–Kier alpha value is -15.6. The van der Waals surface area contributed by atoms with E-state index in [-0.39, 0.29) is 20.1 Å². The van der Waals surface area contributed by atoms with Crippen LogP contribution in [0.25, 0.3) is 62.7 Å². The molecule has 1 fully saturated rings. The molecule has 9 aromatic carbocycles. The molecule has 35 heteroatoms. The molecule has 35 nitrogen and oxygen atoms in total. The number of rotatable bonds is 7. The van der Waals surface area contributed by atoms with Crippen molar-refractivity contribution >= 4 is 81.6 Å². The number of benzene rings is 9. The number of carboxylic acid groups (broad SMARTS) is 1. The number of fused-ring (bicyclic) bond motifs is 18. The van der Waals surface area contributed by atoms with Crippen molar-refractivity contribution in [2.24, 2.45) is 30.7 Å². The number of carboxylic acids is 1. The van der Waals surface area contributed by atoms with E-state index in [0.29, 0.717) is 140 Å². The highest BCUT2D eigenvalue weighted by atomic mass is 16.7. The van der Waals surface area contributed by atoms with Crippen LogP contribution in [0.3, 0.4) is 0 Å². The van der Waals surface area contributed by atoms with Crippen LogP contribution in [0.15, 0.2) is 213 Å². The van der Waals surface area contributed by atoms with Crippen molar-refractivity contribution in [2.75, 3.05) is 0 Å². The second-order valence-corrected chi connectivity index (χ2v) is 23.0. The molecule has 0 atom stereocenters. The van der Waals surface area contributed by atoms with E-state index in [1.54, 1.807) is 146 Å². The molecule has 7 aliphatic rings. The third kappa shape index (κ3) is 13.5. The van der Waals surface area contributed by atoms with Crippen molar-refractivity contribution in [2.45, 2.75) is 57.3 Å². The molecule has 9 aromatic rings. The molecule has 0 aliphatic carbocycles. The summed E-state index contributed by atoms with van der Waals surface area (Å²) in [7, 11) is 0. The summed E-state index contributed by atoms with van der Waals surface area (Å²) >= 11 is 0. The molecule has 2 amide bonds. The summed E-state index contributed by atoms with van der Waals surface area (Å²) in [6, 6.07) is 51.1. The first-order valence-electron chi connectivity index (χ1n) is 31.0. The summed E-state index contributed by atoms with van der Waals surface area (Å²) in [5.74, 6) is -1.29. The lowest BCUT2D eigenvalue weighted by Crippen LogP contribution is -2.32. The lowest BCUT2D eigenvalue weighted by molar-refractivity contribution is -0.195. The average Bonchev–Trinajstić information content (AvgIpc) is 1.61. The quantitative estimate of drug-likeness (QED) is 0.0387. The van der Waals surface area contributed by atoms with Crippen LogP contribution in [0.5, 0.6) is 34.5 Å². The van der Waals surface area contributed by atoms with Crippen LogP contribution >= 0.6 is 0 Å². The number of carbonyl (C=O) groups excluding carboxylic acids is 7. The van der Waals surface area contributed by atoms with Crippen LogP contribution in [0, 0.1) is 0 Å². The summed E-state index contributed by atoms with van der Waals surface area (Å²) in [6.07, 6.45) is 0.262. The molecule has 7 aliphatic heterocycles. The van der Waals surface area contributed by atoms with Gasteiger partial charge in [-0.15, -0.1) is 5.06 Å². The van der Waals surface area contributed by atoms with Crippen LogP contribution in [-0.4, -0.2) is 57.6 Å². The van der Waals surface area contributed by atoms with Gasteiger partial charge < -0.3 is 43.2 Å². The third-order valence-corrected chi connectivity index (χ3v) is 16.2. The number of hydroxylamine groups is 2. The number of Topliss-reactive ketones (excluding diaryl/α,β-unsaturated/α-hetero) is 1. The molecule has 0 aromatic heterocycles. The van der Waals surface area contributed by atoms with Crippen LogP contribution < -0.4 is 14.2 Å². The van der Waals surface area contributed by atoms with Crippen LogP contribution in [-0.2, 0) is 59.8 Å². The van der Waals surface area contributed by atoms with Gasteiger partial charge in [-0.3, -0.25) is 14.4 Å². The SMILES string of the molecule is CC(=O)O.CC(=O)ON1C(=O)CCC1=O.CC(C)=O.[HH].[N-]=[N+]=Nc1ccc2c(c1)Oc1cc(N=[N+]=[N-])ccc1C21OC(=O)c2ccccc21.[N-]=[N+]=Nc1ccc2c(c1)Oc1cc(N=[N+]=[N-])ccc1C21OC(=O)c2ccccc21.[N-]=[N+]=Nc1ccc2c(c1)Oc1cc(N=[N+]=[N-])ccc1C21OC(=O)c2ccccc21. The number of carbonyl (C=O) groups is 8. The molecule has 1 saturated heterocycles. The number of esters is 3. The van der Waals surface area contributed by atoms with E-state index in [1.807, 2.05) is 36.4 Å². The van der Waals surface area contributed by atoms with E-state index in [0.717, 1.165) is 13.8 Å². The van der Waals surface area contributed by atoms with Gasteiger partial charge in [0.25, 0.3) is 17.8 Å². The maximum Gasteiger partial charge on any atom is 0.340 e. The van der Waals surface area contributed by atoms with Gasteiger partial charge >= 0.3 is 23.9 Å². The Balaban J connectivity index is 0.000000152. The van der Waals surface area contributed by atoms with E-state index in [9.17, 15) is 33.6 Å². The van der Waals surface area contributed by atoms with Gasteiger partial charge in [-0.05, 0) is 102 Å². The van der Waals surface area contributed by atoms with Gasteiger partial charge in [0.05, 0.1) is 16.7 Å². The molecule has 0 unspecified atom stereocenters. The summed E-state index contributed by atoms with van der Waals surface area (Å²) in [5, 5.41) is 29.6. The van der Waals surface area contributed by atoms with Crippen molar-refractivity contribution in [3.05, 3.63) is 311 Å². The Morgan fingerprint density at radius 3 is 0.783 bits per heavy atom.